The average Bonchev–Trinajstić information content (AvgIpc) is 3.52. The molecule has 2 heterocycles. The van der Waals surface area contributed by atoms with E-state index in [1.807, 2.05) is 60.0 Å². The fourth-order valence-corrected chi connectivity index (χ4v) is 4.51. The monoisotopic (exact) mass is 448 g/mol. The summed E-state index contributed by atoms with van der Waals surface area (Å²) in [5.41, 5.74) is 2.80. The molecule has 0 bridgehead atoms. The van der Waals surface area contributed by atoms with Gasteiger partial charge in [0.25, 0.3) is 11.8 Å². The smallest absolute Gasteiger partial charge is 0.329 e. The normalized spacial score (nSPS) is 15.4. The highest BCUT2D eigenvalue weighted by molar-refractivity contribution is 7.12. The van der Waals surface area contributed by atoms with E-state index in [-0.39, 0.29) is 5.91 Å². The van der Waals surface area contributed by atoms with Gasteiger partial charge in [-0.3, -0.25) is 9.59 Å². The summed E-state index contributed by atoms with van der Waals surface area (Å²) in [7, 11) is 0. The van der Waals surface area contributed by atoms with Crippen LogP contribution in [0.15, 0.2) is 72.1 Å². The van der Waals surface area contributed by atoms with Gasteiger partial charge in [-0.25, -0.2) is 4.79 Å². The number of ether oxygens (including phenoxy) is 1. The van der Waals surface area contributed by atoms with E-state index >= 15 is 0 Å². The number of likely N-dealkylation sites (tertiary alicyclic amines) is 1. The van der Waals surface area contributed by atoms with Crippen LogP contribution in [0, 0.1) is 0 Å². The fourth-order valence-electron chi connectivity index (χ4n) is 3.83. The third-order valence-electron chi connectivity index (χ3n) is 5.39. The van der Waals surface area contributed by atoms with E-state index in [1.54, 1.807) is 17.0 Å². The number of anilines is 1. The number of carbonyl (C=O) groups excluding carboxylic acids is 3. The second kappa shape index (κ2) is 10.2. The van der Waals surface area contributed by atoms with Crippen LogP contribution in [0.25, 0.3) is 0 Å². The molecule has 7 heteroatoms. The number of esters is 1. The van der Waals surface area contributed by atoms with E-state index in [1.165, 1.54) is 11.3 Å². The summed E-state index contributed by atoms with van der Waals surface area (Å²) in [6, 6.07) is 20.4. The van der Waals surface area contributed by atoms with E-state index < -0.39 is 24.5 Å². The van der Waals surface area contributed by atoms with Crippen LogP contribution >= 0.6 is 11.3 Å². The van der Waals surface area contributed by atoms with Crippen LogP contribution < -0.4 is 5.32 Å². The summed E-state index contributed by atoms with van der Waals surface area (Å²) in [6.45, 7) is 0.117. The maximum atomic E-state index is 12.6. The van der Waals surface area contributed by atoms with Crippen LogP contribution in [0.4, 0.5) is 5.69 Å². The Balaban J connectivity index is 1.33. The highest BCUT2D eigenvalue weighted by Gasteiger charge is 2.36. The molecular weight excluding hydrogens is 424 g/mol. The zero-order valence-electron chi connectivity index (χ0n) is 17.5. The maximum Gasteiger partial charge on any atom is 0.329 e. The van der Waals surface area contributed by atoms with Gasteiger partial charge < -0.3 is 15.0 Å². The molecule has 2 aromatic carbocycles. The van der Waals surface area contributed by atoms with E-state index in [9.17, 15) is 14.4 Å². The Morgan fingerprint density at radius 1 is 1.00 bits per heavy atom. The van der Waals surface area contributed by atoms with Gasteiger partial charge in [-0.15, -0.1) is 11.3 Å². The van der Waals surface area contributed by atoms with Crippen molar-refractivity contribution < 1.29 is 19.1 Å². The van der Waals surface area contributed by atoms with E-state index in [4.69, 9.17) is 4.74 Å². The number of benzene rings is 2. The molecule has 4 rings (SSSR count). The number of hydrogen-bond acceptors (Lipinski definition) is 5. The SMILES string of the molecule is O=C(COC(=O)C1CCCN1C(=O)c1cccs1)Nc1ccccc1Cc1ccccc1. The fraction of sp³-hybridized carbons (Fsp3) is 0.240. The minimum absolute atomic E-state index is 0.168. The van der Waals surface area contributed by atoms with Crippen molar-refractivity contribution in [2.24, 2.45) is 0 Å². The van der Waals surface area contributed by atoms with Crippen molar-refractivity contribution in [3.63, 3.8) is 0 Å². The van der Waals surface area contributed by atoms with Crippen molar-refractivity contribution in [1.29, 1.82) is 0 Å². The summed E-state index contributed by atoms with van der Waals surface area (Å²) in [5.74, 6) is -1.12. The van der Waals surface area contributed by atoms with Crippen molar-refractivity contribution in [2.75, 3.05) is 18.5 Å². The topological polar surface area (TPSA) is 75.7 Å². The molecule has 0 aliphatic carbocycles. The predicted molar refractivity (Wildman–Crippen MR) is 124 cm³/mol. The first kappa shape index (κ1) is 21.8. The van der Waals surface area contributed by atoms with Crippen LogP contribution in [0.2, 0.25) is 0 Å². The third-order valence-corrected chi connectivity index (χ3v) is 6.25. The van der Waals surface area contributed by atoms with Crippen LogP contribution in [-0.4, -0.2) is 41.9 Å². The van der Waals surface area contributed by atoms with Crippen molar-refractivity contribution in [3.05, 3.63) is 88.1 Å². The lowest BCUT2D eigenvalue weighted by Gasteiger charge is -2.22. The number of para-hydroxylation sites is 1. The van der Waals surface area contributed by atoms with Crippen LogP contribution in [0.1, 0.15) is 33.6 Å². The molecule has 3 aromatic rings. The molecule has 1 N–H and O–H groups in total. The Hall–Kier alpha value is -3.45. The van der Waals surface area contributed by atoms with Crippen molar-refractivity contribution in [3.8, 4) is 0 Å². The Kier molecular flexibility index (Phi) is 6.97. The summed E-state index contributed by atoms with van der Waals surface area (Å²) >= 11 is 1.35. The van der Waals surface area contributed by atoms with Crippen LogP contribution in [-0.2, 0) is 20.7 Å². The van der Waals surface area contributed by atoms with E-state index in [0.717, 1.165) is 17.5 Å². The molecular formula is C25H24N2O4S. The summed E-state index contributed by atoms with van der Waals surface area (Å²) in [6.07, 6.45) is 1.95. The Morgan fingerprint density at radius 2 is 1.78 bits per heavy atom. The zero-order valence-corrected chi connectivity index (χ0v) is 18.3. The lowest BCUT2D eigenvalue weighted by atomic mass is 10.0. The second-order valence-electron chi connectivity index (χ2n) is 7.61. The van der Waals surface area contributed by atoms with Gasteiger partial charge in [-0.05, 0) is 47.9 Å². The first-order chi connectivity index (χ1) is 15.6. The molecule has 6 nitrogen and oxygen atoms in total. The number of carbonyl (C=O) groups is 3. The molecule has 0 saturated carbocycles. The summed E-state index contributed by atoms with van der Waals surface area (Å²) in [5, 5.41) is 4.67. The Labute approximate surface area is 190 Å². The molecule has 0 radical (unpaired) electrons. The number of amides is 2. The Morgan fingerprint density at radius 3 is 2.56 bits per heavy atom. The molecule has 1 saturated heterocycles. The quantitative estimate of drug-likeness (QED) is 0.552. The van der Waals surface area contributed by atoms with Crippen molar-refractivity contribution in [2.45, 2.75) is 25.3 Å². The van der Waals surface area contributed by atoms with Gasteiger partial charge in [0, 0.05) is 12.2 Å². The van der Waals surface area contributed by atoms with Gasteiger partial charge in [-0.2, -0.15) is 0 Å². The molecule has 1 atom stereocenters. The minimum Gasteiger partial charge on any atom is -0.454 e. The largest absolute Gasteiger partial charge is 0.454 e. The number of nitrogens with zero attached hydrogens (tertiary/aromatic N) is 1. The molecule has 1 unspecified atom stereocenters. The van der Waals surface area contributed by atoms with E-state index in [2.05, 4.69) is 5.32 Å². The average molecular weight is 449 g/mol. The third kappa shape index (κ3) is 5.23. The van der Waals surface area contributed by atoms with Gasteiger partial charge in [-0.1, -0.05) is 54.6 Å². The number of thiophene rings is 1. The minimum atomic E-state index is -0.650. The first-order valence-electron chi connectivity index (χ1n) is 10.5. The summed E-state index contributed by atoms with van der Waals surface area (Å²) < 4.78 is 5.27. The summed E-state index contributed by atoms with van der Waals surface area (Å²) in [4.78, 5) is 39.9. The van der Waals surface area contributed by atoms with Gasteiger partial charge in [0.05, 0.1) is 4.88 Å². The molecule has 2 amide bonds. The standard InChI is InChI=1S/C25H24N2O4S/c28-23(26-20-11-5-4-10-19(20)16-18-8-2-1-3-9-18)17-31-25(30)21-12-6-14-27(21)24(29)22-13-7-15-32-22/h1-5,7-11,13,15,21H,6,12,14,16-17H2,(H,26,28). The molecule has 1 aliphatic heterocycles. The first-order valence-corrected chi connectivity index (χ1v) is 11.4. The van der Waals surface area contributed by atoms with Gasteiger partial charge in [0.2, 0.25) is 0 Å². The molecule has 164 valence electrons. The van der Waals surface area contributed by atoms with Crippen LogP contribution in [0.3, 0.4) is 0 Å². The van der Waals surface area contributed by atoms with Gasteiger partial charge >= 0.3 is 5.97 Å². The lowest BCUT2D eigenvalue weighted by molar-refractivity contribution is -0.151. The highest BCUT2D eigenvalue weighted by Crippen LogP contribution is 2.23. The number of hydrogen-bond donors (Lipinski definition) is 1. The Bertz CT molecular complexity index is 1080. The molecule has 1 aromatic heterocycles. The van der Waals surface area contributed by atoms with Gasteiger partial charge in [0.15, 0.2) is 6.61 Å². The van der Waals surface area contributed by atoms with Crippen molar-refractivity contribution in [1.82, 2.24) is 4.90 Å². The number of rotatable bonds is 7. The molecule has 1 aliphatic rings. The highest BCUT2D eigenvalue weighted by atomic mass is 32.1. The maximum absolute atomic E-state index is 12.6. The molecule has 1 fully saturated rings. The zero-order chi connectivity index (χ0) is 22.3. The van der Waals surface area contributed by atoms with Crippen molar-refractivity contribution >= 4 is 34.8 Å². The second-order valence-corrected chi connectivity index (χ2v) is 8.56. The number of nitrogens with one attached hydrogen (secondary N) is 1. The van der Waals surface area contributed by atoms with Gasteiger partial charge in [0.1, 0.15) is 6.04 Å². The van der Waals surface area contributed by atoms with Crippen LogP contribution in [0.5, 0.6) is 0 Å². The predicted octanol–water partition coefficient (Wildman–Crippen LogP) is 4.13. The lowest BCUT2D eigenvalue weighted by Crippen LogP contribution is -2.41. The molecule has 32 heavy (non-hydrogen) atoms. The molecule has 0 spiro atoms. The van der Waals surface area contributed by atoms with E-state index in [0.29, 0.717) is 30.0 Å².